The van der Waals surface area contributed by atoms with Gasteiger partial charge in [-0.3, -0.25) is 4.79 Å². The Kier molecular flexibility index (Phi) is 3.70. The third kappa shape index (κ3) is 2.48. The second-order valence-corrected chi connectivity index (χ2v) is 8.20. The summed E-state index contributed by atoms with van der Waals surface area (Å²) >= 11 is 3.29. The number of thiophene rings is 1. The number of hydrogen-bond donors (Lipinski definition) is 0. The number of carbonyl (C=O) groups is 1. The Labute approximate surface area is 143 Å². The molecule has 3 nitrogen and oxygen atoms in total. The van der Waals surface area contributed by atoms with Gasteiger partial charge in [0.25, 0.3) is 0 Å². The van der Waals surface area contributed by atoms with E-state index >= 15 is 0 Å². The molecule has 0 bridgehead atoms. The first kappa shape index (κ1) is 14.8. The fourth-order valence-electron chi connectivity index (χ4n) is 3.06. The first-order valence-electron chi connectivity index (χ1n) is 7.64. The van der Waals surface area contributed by atoms with Gasteiger partial charge in [-0.15, -0.1) is 11.3 Å². The van der Waals surface area contributed by atoms with Gasteiger partial charge in [-0.1, -0.05) is 36.0 Å². The van der Waals surface area contributed by atoms with Crippen LogP contribution in [-0.2, 0) is 6.42 Å². The van der Waals surface area contributed by atoms with Gasteiger partial charge in [0, 0.05) is 15.8 Å². The molecule has 1 aliphatic carbocycles. The Hall–Kier alpha value is -1.72. The van der Waals surface area contributed by atoms with Gasteiger partial charge in [-0.2, -0.15) is 0 Å². The van der Waals surface area contributed by atoms with Crippen LogP contribution in [0.1, 0.15) is 32.8 Å². The normalized spacial score (nSPS) is 17.5. The number of aromatic nitrogens is 2. The zero-order valence-corrected chi connectivity index (χ0v) is 14.6. The molecule has 5 heteroatoms. The summed E-state index contributed by atoms with van der Waals surface area (Å²) in [5.41, 5.74) is 3.28. The third-order valence-corrected chi connectivity index (χ3v) is 6.82. The van der Waals surface area contributed by atoms with Gasteiger partial charge >= 0.3 is 0 Å². The van der Waals surface area contributed by atoms with Crippen LogP contribution in [0.25, 0.3) is 10.2 Å². The number of rotatable bonds is 2. The lowest BCUT2D eigenvalue weighted by atomic mass is 9.90. The van der Waals surface area contributed by atoms with Crippen molar-refractivity contribution in [3.8, 4) is 0 Å². The van der Waals surface area contributed by atoms with E-state index in [1.165, 1.54) is 16.0 Å². The minimum Gasteiger partial charge on any atom is -0.293 e. The molecule has 2 aromatic heterocycles. The molecule has 1 aromatic carbocycles. The van der Waals surface area contributed by atoms with Gasteiger partial charge in [0.2, 0.25) is 0 Å². The quantitative estimate of drug-likeness (QED) is 0.640. The largest absolute Gasteiger partial charge is 0.293 e. The van der Waals surface area contributed by atoms with Crippen LogP contribution >= 0.6 is 23.1 Å². The van der Waals surface area contributed by atoms with Gasteiger partial charge in [0.15, 0.2) is 5.78 Å². The number of nitrogens with zero attached hydrogens (tertiary/aromatic N) is 2. The molecule has 4 rings (SSSR count). The Balaban J connectivity index is 1.71. The highest BCUT2D eigenvalue weighted by atomic mass is 32.2. The molecule has 0 aliphatic heterocycles. The first-order valence-corrected chi connectivity index (χ1v) is 9.34. The van der Waals surface area contributed by atoms with E-state index in [1.807, 2.05) is 18.2 Å². The minimum absolute atomic E-state index is 0.0531. The average Bonchev–Trinajstić information content (AvgIpc) is 2.86. The van der Waals surface area contributed by atoms with Crippen molar-refractivity contribution in [2.45, 2.75) is 37.0 Å². The molecular weight excluding hydrogens is 324 g/mol. The summed E-state index contributed by atoms with van der Waals surface area (Å²) in [6.45, 7) is 4.22. The number of thioether (sulfide) groups is 1. The van der Waals surface area contributed by atoms with Crippen LogP contribution in [0, 0.1) is 13.8 Å². The molecule has 0 unspecified atom stereocenters. The highest BCUT2D eigenvalue weighted by molar-refractivity contribution is 8.00. The van der Waals surface area contributed by atoms with Gasteiger partial charge in [0.05, 0.1) is 5.25 Å². The second-order valence-electron chi connectivity index (χ2n) is 5.81. The first-order chi connectivity index (χ1) is 11.1. The van der Waals surface area contributed by atoms with Gasteiger partial charge in [-0.25, -0.2) is 9.97 Å². The highest BCUT2D eigenvalue weighted by Gasteiger charge is 2.29. The predicted molar refractivity (Wildman–Crippen MR) is 95.6 cm³/mol. The van der Waals surface area contributed by atoms with Crippen molar-refractivity contribution in [2.75, 3.05) is 0 Å². The van der Waals surface area contributed by atoms with Crippen molar-refractivity contribution in [2.24, 2.45) is 0 Å². The maximum absolute atomic E-state index is 12.8. The van der Waals surface area contributed by atoms with E-state index in [1.54, 1.807) is 29.4 Å². The predicted octanol–water partition coefficient (Wildman–Crippen LogP) is 4.60. The number of aryl methyl sites for hydroxylation is 3. The van der Waals surface area contributed by atoms with Crippen LogP contribution < -0.4 is 0 Å². The molecule has 0 N–H and O–H groups in total. The van der Waals surface area contributed by atoms with Crippen molar-refractivity contribution in [1.82, 2.24) is 9.97 Å². The summed E-state index contributed by atoms with van der Waals surface area (Å²) in [5.74, 6) is 0.230. The molecule has 1 atom stereocenters. The van der Waals surface area contributed by atoms with Crippen molar-refractivity contribution in [1.29, 1.82) is 0 Å². The van der Waals surface area contributed by atoms with Crippen LogP contribution in [0.15, 0.2) is 35.6 Å². The van der Waals surface area contributed by atoms with Crippen LogP contribution in [0.5, 0.6) is 0 Å². The van der Waals surface area contributed by atoms with Crippen LogP contribution in [0.2, 0.25) is 0 Å². The van der Waals surface area contributed by atoms with Crippen LogP contribution in [0.4, 0.5) is 0 Å². The molecule has 1 aliphatic rings. The van der Waals surface area contributed by atoms with E-state index in [0.717, 1.165) is 33.6 Å². The molecule has 116 valence electrons. The SMILES string of the molecule is Cc1sc2ncnc(S[C@@H]3CCc4ccccc4C3=O)c2c1C. The van der Waals surface area contributed by atoms with Gasteiger partial charge in [-0.05, 0) is 37.8 Å². The monoisotopic (exact) mass is 340 g/mol. The fourth-order valence-corrected chi connectivity index (χ4v) is 5.33. The summed E-state index contributed by atoms with van der Waals surface area (Å²) in [6.07, 6.45) is 3.44. The zero-order valence-electron chi connectivity index (χ0n) is 13.0. The summed E-state index contributed by atoms with van der Waals surface area (Å²) in [6, 6.07) is 7.95. The van der Waals surface area contributed by atoms with Gasteiger partial charge in [0.1, 0.15) is 16.2 Å². The molecule has 0 amide bonds. The van der Waals surface area contributed by atoms with Crippen LogP contribution in [0.3, 0.4) is 0 Å². The summed E-state index contributed by atoms with van der Waals surface area (Å²) in [5, 5.41) is 2.00. The maximum atomic E-state index is 12.8. The summed E-state index contributed by atoms with van der Waals surface area (Å²) < 4.78 is 0. The Morgan fingerprint density at radius 2 is 2.04 bits per heavy atom. The molecule has 3 aromatic rings. The second kappa shape index (κ2) is 5.73. The van der Waals surface area contributed by atoms with Gasteiger partial charge < -0.3 is 0 Å². The standard InChI is InChI=1S/C18H16N2OS2/c1-10-11(2)22-17-15(10)18(20-9-19-17)23-14-8-7-12-5-3-4-6-13(12)16(14)21/h3-6,9,14H,7-8H2,1-2H3/t14-/m1/s1. The number of carbonyl (C=O) groups excluding carboxylic acids is 1. The highest BCUT2D eigenvalue weighted by Crippen LogP contribution is 2.39. The number of Topliss-reactive ketones (excluding diaryl/α,β-unsaturated/α-hetero) is 1. The molecule has 2 heterocycles. The molecule has 23 heavy (non-hydrogen) atoms. The summed E-state index contributed by atoms with van der Waals surface area (Å²) in [4.78, 5) is 23.9. The number of hydrogen-bond acceptors (Lipinski definition) is 5. The Bertz CT molecular complexity index is 917. The molecule has 0 fully saturated rings. The van der Waals surface area contributed by atoms with Crippen molar-refractivity contribution >= 4 is 39.1 Å². The molecule has 0 saturated carbocycles. The molecular formula is C18H16N2OS2. The number of ketones is 1. The maximum Gasteiger partial charge on any atom is 0.176 e. The summed E-state index contributed by atoms with van der Waals surface area (Å²) in [7, 11) is 0. The van der Waals surface area contributed by atoms with E-state index in [9.17, 15) is 4.79 Å². The Morgan fingerprint density at radius 3 is 2.91 bits per heavy atom. The molecule has 0 saturated heterocycles. The average molecular weight is 340 g/mol. The van der Waals surface area contributed by atoms with Crippen molar-refractivity contribution in [3.05, 3.63) is 52.2 Å². The lowest BCUT2D eigenvalue weighted by Gasteiger charge is -2.22. The smallest absolute Gasteiger partial charge is 0.176 e. The van der Waals surface area contributed by atoms with E-state index in [4.69, 9.17) is 0 Å². The lowest BCUT2D eigenvalue weighted by Crippen LogP contribution is -2.24. The van der Waals surface area contributed by atoms with E-state index in [0.29, 0.717) is 0 Å². The lowest BCUT2D eigenvalue weighted by molar-refractivity contribution is 0.0979. The number of fused-ring (bicyclic) bond motifs is 2. The zero-order chi connectivity index (χ0) is 16.0. The molecule has 0 radical (unpaired) electrons. The number of benzene rings is 1. The minimum atomic E-state index is -0.0531. The Morgan fingerprint density at radius 1 is 1.22 bits per heavy atom. The van der Waals surface area contributed by atoms with Crippen molar-refractivity contribution in [3.63, 3.8) is 0 Å². The van der Waals surface area contributed by atoms with Crippen LogP contribution in [-0.4, -0.2) is 21.0 Å². The van der Waals surface area contributed by atoms with E-state index in [-0.39, 0.29) is 11.0 Å². The third-order valence-electron chi connectivity index (χ3n) is 4.44. The van der Waals surface area contributed by atoms with Crippen molar-refractivity contribution < 1.29 is 4.79 Å². The fraction of sp³-hybridized carbons (Fsp3) is 0.278. The van der Waals surface area contributed by atoms with E-state index in [2.05, 4.69) is 29.9 Å². The molecule has 0 spiro atoms. The van der Waals surface area contributed by atoms with E-state index < -0.39 is 0 Å². The topological polar surface area (TPSA) is 42.9 Å².